The molecule has 4 N–H and O–H groups in total. The molecule has 1 aromatic heterocycles. The van der Waals surface area contributed by atoms with Crippen LogP contribution in [0.1, 0.15) is 5.82 Å². The highest BCUT2D eigenvalue weighted by Gasteiger charge is 2.23. The number of carbonyl (C=O) groups is 2. The van der Waals surface area contributed by atoms with Gasteiger partial charge in [0.15, 0.2) is 0 Å². The number of urea groups is 1. The molecule has 1 fully saturated rings. The Labute approximate surface area is 166 Å². The summed E-state index contributed by atoms with van der Waals surface area (Å²) >= 11 is 5.91. The minimum absolute atomic E-state index is 0.120. The van der Waals surface area contributed by atoms with Gasteiger partial charge in [0.2, 0.25) is 5.91 Å². The molecule has 28 heavy (non-hydrogen) atoms. The fourth-order valence-electron chi connectivity index (χ4n) is 3.13. The molecule has 0 saturated carbocycles. The first-order valence-corrected chi connectivity index (χ1v) is 9.10. The lowest BCUT2D eigenvalue weighted by Gasteiger charge is -2.33. The summed E-state index contributed by atoms with van der Waals surface area (Å²) in [5.74, 6) is 0.191. The van der Waals surface area contributed by atoms with Crippen LogP contribution in [0.2, 0.25) is 5.02 Å². The number of primary amides is 1. The van der Waals surface area contributed by atoms with Crippen LogP contribution < -0.4 is 17.0 Å². The van der Waals surface area contributed by atoms with E-state index in [-0.39, 0.29) is 18.0 Å². The molecular weight excluding hydrogens is 384 g/mol. The Morgan fingerprint density at radius 1 is 1.14 bits per heavy atom. The lowest BCUT2D eigenvalue weighted by molar-refractivity contribution is -0.133. The Morgan fingerprint density at radius 3 is 2.36 bits per heavy atom. The van der Waals surface area contributed by atoms with Crippen LogP contribution in [0.5, 0.6) is 0 Å². The maximum absolute atomic E-state index is 12.6. The SMILES string of the molecule is Cc1nc(-c2ccc(Cl)cc2N)cc(=O)n1CC(=O)N1CCN(C(N)=O)CC1. The van der Waals surface area contributed by atoms with Crippen LogP contribution in [0.15, 0.2) is 29.1 Å². The van der Waals surface area contributed by atoms with E-state index in [1.54, 1.807) is 30.0 Å². The Kier molecular flexibility index (Phi) is 5.55. The van der Waals surface area contributed by atoms with Crippen molar-refractivity contribution in [1.82, 2.24) is 19.4 Å². The van der Waals surface area contributed by atoms with Crippen molar-refractivity contribution >= 4 is 29.2 Å². The number of nitrogen functional groups attached to an aromatic ring is 1. The van der Waals surface area contributed by atoms with Gasteiger partial charge >= 0.3 is 6.03 Å². The number of anilines is 1. The summed E-state index contributed by atoms with van der Waals surface area (Å²) in [6, 6.07) is 5.82. The van der Waals surface area contributed by atoms with Gasteiger partial charge in [-0.25, -0.2) is 9.78 Å². The number of amides is 3. The molecule has 0 bridgehead atoms. The molecule has 9 nitrogen and oxygen atoms in total. The van der Waals surface area contributed by atoms with Crippen molar-refractivity contribution in [3.8, 4) is 11.3 Å². The van der Waals surface area contributed by atoms with Crippen molar-refractivity contribution in [2.24, 2.45) is 5.73 Å². The van der Waals surface area contributed by atoms with E-state index in [4.69, 9.17) is 23.1 Å². The average molecular weight is 405 g/mol. The first kappa shape index (κ1) is 19.7. The Bertz CT molecular complexity index is 982. The molecule has 10 heteroatoms. The molecule has 0 radical (unpaired) electrons. The minimum atomic E-state index is -0.500. The highest BCUT2D eigenvalue weighted by Crippen LogP contribution is 2.26. The van der Waals surface area contributed by atoms with Crippen LogP contribution in [-0.4, -0.2) is 57.5 Å². The van der Waals surface area contributed by atoms with E-state index < -0.39 is 6.03 Å². The number of halogens is 1. The number of hydrogen-bond donors (Lipinski definition) is 2. The van der Waals surface area contributed by atoms with E-state index in [2.05, 4.69) is 4.98 Å². The van der Waals surface area contributed by atoms with Crippen LogP contribution in [0.4, 0.5) is 10.5 Å². The highest BCUT2D eigenvalue weighted by atomic mass is 35.5. The van der Waals surface area contributed by atoms with Gasteiger partial charge in [-0.05, 0) is 25.1 Å². The lowest BCUT2D eigenvalue weighted by Crippen LogP contribution is -2.53. The molecule has 0 spiro atoms. The maximum Gasteiger partial charge on any atom is 0.314 e. The third-order valence-electron chi connectivity index (χ3n) is 4.73. The largest absolute Gasteiger partial charge is 0.398 e. The standard InChI is InChI=1S/C18H21ClN6O3/c1-11-22-15(13-3-2-12(19)8-14(13)20)9-16(26)25(11)10-17(27)23-4-6-24(7-5-23)18(21)28/h2-3,8-9H,4-7,10,20H2,1H3,(H2,21,28). The zero-order valence-electron chi connectivity index (χ0n) is 15.4. The van der Waals surface area contributed by atoms with Crippen molar-refractivity contribution < 1.29 is 9.59 Å². The number of piperazine rings is 1. The average Bonchev–Trinajstić information content (AvgIpc) is 2.64. The summed E-state index contributed by atoms with van der Waals surface area (Å²) < 4.78 is 1.32. The summed E-state index contributed by atoms with van der Waals surface area (Å²) in [6.07, 6.45) is 0. The molecular formula is C18H21ClN6O3. The van der Waals surface area contributed by atoms with Gasteiger partial charge in [0.1, 0.15) is 12.4 Å². The summed E-state index contributed by atoms with van der Waals surface area (Å²) in [5, 5.41) is 0.494. The van der Waals surface area contributed by atoms with Crippen molar-refractivity contribution in [1.29, 1.82) is 0 Å². The van der Waals surface area contributed by atoms with E-state index >= 15 is 0 Å². The number of carbonyl (C=O) groups excluding carboxylic acids is 2. The fourth-order valence-corrected chi connectivity index (χ4v) is 3.31. The number of nitrogens with two attached hydrogens (primary N) is 2. The second-order valence-corrected chi connectivity index (χ2v) is 6.99. The summed E-state index contributed by atoms with van der Waals surface area (Å²) in [4.78, 5) is 43.8. The minimum Gasteiger partial charge on any atom is -0.398 e. The van der Waals surface area contributed by atoms with Crippen LogP contribution in [0.25, 0.3) is 11.3 Å². The molecule has 3 amide bonds. The maximum atomic E-state index is 12.6. The Hall–Kier alpha value is -3.07. The monoisotopic (exact) mass is 404 g/mol. The van der Waals surface area contributed by atoms with Gasteiger partial charge in [-0.2, -0.15) is 0 Å². The van der Waals surface area contributed by atoms with Gasteiger partial charge in [0.25, 0.3) is 5.56 Å². The first-order chi connectivity index (χ1) is 13.3. The number of aromatic nitrogens is 2. The number of hydrogen-bond acceptors (Lipinski definition) is 5. The van der Waals surface area contributed by atoms with E-state index in [9.17, 15) is 14.4 Å². The molecule has 148 valence electrons. The van der Waals surface area contributed by atoms with E-state index in [1.165, 1.54) is 15.5 Å². The van der Waals surface area contributed by atoms with E-state index in [1.807, 2.05) is 0 Å². The molecule has 1 aromatic carbocycles. The Morgan fingerprint density at radius 2 is 1.79 bits per heavy atom. The molecule has 2 heterocycles. The fraction of sp³-hybridized carbons (Fsp3) is 0.333. The molecule has 1 saturated heterocycles. The number of nitrogens with zero attached hydrogens (tertiary/aromatic N) is 4. The van der Waals surface area contributed by atoms with Gasteiger partial charge in [0, 0.05) is 48.5 Å². The Balaban J connectivity index is 1.77. The van der Waals surface area contributed by atoms with Crippen LogP contribution in [-0.2, 0) is 11.3 Å². The van der Waals surface area contributed by atoms with Crippen LogP contribution >= 0.6 is 11.6 Å². The van der Waals surface area contributed by atoms with Gasteiger partial charge < -0.3 is 21.3 Å². The highest BCUT2D eigenvalue weighted by molar-refractivity contribution is 6.31. The predicted molar refractivity (Wildman–Crippen MR) is 106 cm³/mol. The second-order valence-electron chi connectivity index (χ2n) is 6.55. The van der Waals surface area contributed by atoms with Crippen LogP contribution in [0.3, 0.4) is 0 Å². The van der Waals surface area contributed by atoms with Crippen molar-refractivity contribution in [2.45, 2.75) is 13.5 Å². The number of rotatable bonds is 3. The summed E-state index contributed by atoms with van der Waals surface area (Å²) in [5.41, 5.74) is 12.3. The predicted octanol–water partition coefficient (Wildman–Crippen LogP) is 0.677. The number of benzene rings is 1. The van der Waals surface area contributed by atoms with Crippen molar-refractivity contribution in [3.63, 3.8) is 0 Å². The molecule has 1 aliphatic rings. The van der Waals surface area contributed by atoms with E-state index in [0.717, 1.165) is 0 Å². The summed E-state index contributed by atoms with van der Waals surface area (Å²) in [6.45, 7) is 3.05. The van der Waals surface area contributed by atoms with E-state index in [0.29, 0.717) is 54.0 Å². The zero-order valence-corrected chi connectivity index (χ0v) is 16.1. The first-order valence-electron chi connectivity index (χ1n) is 8.72. The topological polar surface area (TPSA) is 128 Å². The molecule has 1 aliphatic heterocycles. The lowest BCUT2D eigenvalue weighted by atomic mass is 10.1. The smallest absolute Gasteiger partial charge is 0.314 e. The second kappa shape index (κ2) is 7.89. The molecule has 3 rings (SSSR count). The molecule has 0 atom stereocenters. The molecule has 2 aromatic rings. The third kappa shape index (κ3) is 4.09. The summed E-state index contributed by atoms with van der Waals surface area (Å²) in [7, 11) is 0. The van der Waals surface area contributed by atoms with Crippen molar-refractivity contribution in [2.75, 3.05) is 31.9 Å². The number of aryl methyl sites for hydroxylation is 1. The van der Waals surface area contributed by atoms with Gasteiger partial charge in [-0.1, -0.05) is 11.6 Å². The zero-order chi connectivity index (χ0) is 20.4. The van der Waals surface area contributed by atoms with Gasteiger partial charge in [-0.3, -0.25) is 14.2 Å². The molecule has 0 aliphatic carbocycles. The quantitative estimate of drug-likeness (QED) is 0.727. The van der Waals surface area contributed by atoms with Gasteiger partial charge in [-0.15, -0.1) is 0 Å². The third-order valence-corrected chi connectivity index (χ3v) is 4.96. The van der Waals surface area contributed by atoms with Crippen molar-refractivity contribution in [3.05, 3.63) is 45.5 Å². The normalized spacial score (nSPS) is 14.2. The molecule has 0 unspecified atom stereocenters. The van der Waals surface area contributed by atoms with Gasteiger partial charge in [0.05, 0.1) is 5.69 Å². The van der Waals surface area contributed by atoms with Crippen LogP contribution in [0, 0.1) is 6.92 Å².